The summed E-state index contributed by atoms with van der Waals surface area (Å²) < 4.78 is 2.37. The van der Waals surface area contributed by atoms with Crippen molar-refractivity contribution in [3.63, 3.8) is 0 Å². The monoisotopic (exact) mass is 314 g/mol. The van der Waals surface area contributed by atoms with Crippen molar-refractivity contribution >= 4 is 21.8 Å². The zero-order valence-electron chi connectivity index (χ0n) is 14.5. The maximum atomic E-state index is 4.92. The molecule has 4 aromatic rings. The highest BCUT2D eigenvalue weighted by Crippen LogP contribution is 2.28. The van der Waals surface area contributed by atoms with Gasteiger partial charge in [-0.1, -0.05) is 75.4 Å². The lowest BCUT2D eigenvalue weighted by Gasteiger charge is -2.21. The summed E-state index contributed by atoms with van der Waals surface area (Å²) >= 11 is 0. The minimum absolute atomic E-state index is 0.00358. The molecule has 0 bridgehead atoms. The van der Waals surface area contributed by atoms with Crippen molar-refractivity contribution in [3.8, 4) is 0 Å². The minimum atomic E-state index is 0.00358. The molecule has 0 saturated carbocycles. The van der Waals surface area contributed by atoms with Gasteiger partial charge in [-0.25, -0.2) is 4.98 Å². The van der Waals surface area contributed by atoms with E-state index in [1.807, 2.05) is 0 Å². The summed E-state index contributed by atoms with van der Waals surface area (Å²) in [6.07, 6.45) is 0. The first-order valence-electron chi connectivity index (χ1n) is 8.46. The molecular formula is C22H22N2. The van der Waals surface area contributed by atoms with Gasteiger partial charge in [-0.3, -0.25) is 0 Å². The highest BCUT2D eigenvalue weighted by Gasteiger charge is 2.23. The van der Waals surface area contributed by atoms with Crippen LogP contribution in [0, 0.1) is 0 Å². The summed E-state index contributed by atoms with van der Waals surface area (Å²) in [4.78, 5) is 4.92. The molecule has 0 saturated heterocycles. The average Bonchev–Trinajstić information content (AvgIpc) is 2.94. The first-order valence-corrected chi connectivity index (χ1v) is 8.46. The van der Waals surface area contributed by atoms with Crippen LogP contribution in [0.2, 0.25) is 0 Å². The van der Waals surface area contributed by atoms with Gasteiger partial charge in [0.15, 0.2) is 0 Å². The molecule has 24 heavy (non-hydrogen) atoms. The van der Waals surface area contributed by atoms with Gasteiger partial charge in [0.25, 0.3) is 0 Å². The highest BCUT2D eigenvalue weighted by molar-refractivity contribution is 5.86. The number of rotatable bonds is 2. The van der Waals surface area contributed by atoms with E-state index in [4.69, 9.17) is 4.98 Å². The normalized spacial score (nSPS) is 12.1. The van der Waals surface area contributed by atoms with Crippen LogP contribution >= 0.6 is 0 Å². The Morgan fingerprint density at radius 1 is 0.833 bits per heavy atom. The van der Waals surface area contributed by atoms with Gasteiger partial charge in [0.1, 0.15) is 5.82 Å². The maximum Gasteiger partial charge on any atom is 0.115 e. The summed E-state index contributed by atoms with van der Waals surface area (Å²) in [7, 11) is 0. The predicted octanol–water partition coefficient (Wildman–Crippen LogP) is 5.54. The molecule has 0 spiro atoms. The molecule has 0 aliphatic heterocycles. The summed E-state index contributed by atoms with van der Waals surface area (Å²) in [5.74, 6) is 1.14. The van der Waals surface area contributed by atoms with E-state index in [0.29, 0.717) is 0 Å². The summed E-state index contributed by atoms with van der Waals surface area (Å²) in [5.41, 5.74) is 3.61. The second kappa shape index (κ2) is 5.48. The van der Waals surface area contributed by atoms with Crippen molar-refractivity contribution < 1.29 is 0 Å². The fraction of sp³-hybridized carbons (Fsp3) is 0.227. The van der Waals surface area contributed by atoms with E-state index in [9.17, 15) is 0 Å². The Morgan fingerprint density at radius 3 is 2.38 bits per heavy atom. The van der Waals surface area contributed by atoms with Gasteiger partial charge < -0.3 is 4.57 Å². The second-order valence-corrected chi connectivity index (χ2v) is 7.40. The Balaban J connectivity index is 1.93. The Bertz CT molecular complexity index is 1010. The van der Waals surface area contributed by atoms with E-state index >= 15 is 0 Å². The molecule has 3 aromatic carbocycles. The SMILES string of the molecule is CC(C)(C)c1nc2ccccc2n1Cc1cccc2ccccc12. The molecule has 4 rings (SSSR count). The van der Waals surface area contributed by atoms with Crippen LogP contribution in [0.5, 0.6) is 0 Å². The number of benzene rings is 3. The molecule has 0 unspecified atom stereocenters. The Labute approximate surface area is 142 Å². The molecule has 0 fully saturated rings. The number of para-hydroxylation sites is 2. The van der Waals surface area contributed by atoms with E-state index in [2.05, 4.69) is 92.1 Å². The zero-order valence-corrected chi connectivity index (χ0v) is 14.5. The first kappa shape index (κ1) is 14.9. The van der Waals surface area contributed by atoms with Crippen molar-refractivity contribution in [2.45, 2.75) is 32.7 Å². The maximum absolute atomic E-state index is 4.92. The largest absolute Gasteiger partial charge is 0.323 e. The lowest BCUT2D eigenvalue weighted by atomic mass is 9.95. The first-order chi connectivity index (χ1) is 11.5. The molecule has 1 aromatic heterocycles. The number of hydrogen-bond donors (Lipinski definition) is 0. The van der Waals surface area contributed by atoms with Crippen LogP contribution in [0.4, 0.5) is 0 Å². The van der Waals surface area contributed by atoms with E-state index in [1.54, 1.807) is 0 Å². The van der Waals surface area contributed by atoms with Crippen LogP contribution in [0.1, 0.15) is 32.2 Å². The molecule has 120 valence electrons. The number of nitrogens with zero attached hydrogens (tertiary/aromatic N) is 2. The van der Waals surface area contributed by atoms with Crippen molar-refractivity contribution in [2.75, 3.05) is 0 Å². The average molecular weight is 314 g/mol. The third kappa shape index (κ3) is 2.48. The van der Waals surface area contributed by atoms with Gasteiger partial charge in [0.2, 0.25) is 0 Å². The third-order valence-corrected chi connectivity index (χ3v) is 4.53. The number of aromatic nitrogens is 2. The van der Waals surface area contributed by atoms with Crippen molar-refractivity contribution in [3.05, 3.63) is 78.1 Å². The molecule has 0 N–H and O–H groups in total. The molecule has 0 amide bonds. The third-order valence-electron chi connectivity index (χ3n) is 4.53. The minimum Gasteiger partial charge on any atom is -0.323 e. The van der Waals surface area contributed by atoms with Crippen LogP contribution in [0.15, 0.2) is 66.7 Å². The number of fused-ring (bicyclic) bond motifs is 2. The fourth-order valence-electron chi connectivity index (χ4n) is 3.41. The van der Waals surface area contributed by atoms with Gasteiger partial charge in [0.05, 0.1) is 11.0 Å². The van der Waals surface area contributed by atoms with Crippen molar-refractivity contribution in [2.24, 2.45) is 0 Å². The van der Waals surface area contributed by atoms with Crippen LogP contribution in [-0.2, 0) is 12.0 Å². The smallest absolute Gasteiger partial charge is 0.115 e. The van der Waals surface area contributed by atoms with Gasteiger partial charge in [-0.05, 0) is 28.5 Å². The van der Waals surface area contributed by atoms with Gasteiger partial charge in [0, 0.05) is 12.0 Å². The molecule has 0 aliphatic rings. The molecule has 0 atom stereocenters. The van der Waals surface area contributed by atoms with E-state index in [0.717, 1.165) is 17.9 Å². The summed E-state index contributed by atoms with van der Waals surface area (Å²) in [5, 5.41) is 2.61. The predicted molar refractivity (Wildman–Crippen MR) is 101 cm³/mol. The van der Waals surface area contributed by atoms with Crippen LogP contribution in [0.25, 0.3) is 21.8 Å². The lowest BCUT2D eigenvalue weighted by Crippen LogP contribution is -2.19. The standard InChI is InChI=1S/C22H22N2/c1-22(2,3)21-23-19-13-6-7-14-20(19)24(21)15-17-11-8-10-16-9-4-5-12-18(16)17/h4-14H,15H2,1-3H3. The molecule has 2 heteroatoms. The Hall–Kier alpha value is -2.61. The van der Waals surface area contributed by atoms with Gasteiger partial charge in [-0.2, -0.15) is 0 Å². The molecular weight excluding hydrogens is 292 g/mol. The fourth-order valence-corrected chi connectivity index (χ4v) is 3.41. The van der Waals surface area contributed by atoms with Gasteiger partial charge in [-0.15, -0.1) is 0 Å². The summed E-state index contributed by atoms with van der Waals surface area (Å²) in [6, 6.07) is 23.6. The molecule has 0 aliphatic carbocycles. The Morgan fingerprint density at radius 2 is 1.54 bits per heavy atom. The van der Waals surface area contributed by atoms with Crippen molar-refractivity contribution in [1.82, 2.24) is 9.55 Å². The topological polar surface area (TPSA) is 17.8 Å². The number of imidazole rings is 1. The highest BCUT2D eigenvalue weighted by atomic mass is 15.1. The van der Waals surface area contributed by atoms with Crippen LogP contribution < -0.4 is 0 Å². The van der Waals surface area contributed by atoms with Crippen LogP contribution in [-0.4, -0.2) is 9.55 Å². The van der Waals surface area contributed by atoms with Crippen molar-refractivity contribution in [1.29, 1.82) is 0 Å². The molecule has 2 nitrogen and oxygen atoms in total. The molecule has 1 heterocycles. The van der Waals surface area contributed by atoms with E-state index in [1.165, 1.54) is 21.9 Å². The number of hydrogen-bond acceptors (Lipinski definition) is 1. The summed E-state index contributed by atoms with van der Waals surface area (Å²) in [6.45, 7) is 7.53. The molecule has 0 radical (unpaired) electrons. The van der Waals surface area contributed by atoms with E-state index < -0.39 is 0 Å². The quantitative estimate of drug-likeness (QED) is 0.475. The van der Waals surface area contributed by atoms with Gasteiger partial charge >= 0.3 is 0 Å². The van der Waals surface area contributed by atoms with E-state index in [-0.39, 0.29) is 5.41 Å². The zero-order chi connectivity index (χ0) is 16.7. The lowest BCUT2D eigenvalue weighted by molar-refractivity contribution is 0.517. The Kier molecular flexibility index (Phi) is 3.42. The second-order valence-electron chi connectivity index (χ2n) is 7.40. The van der Waals surface area contributed by atoms with Crippen LogP contribution in [0.3, 0.4) is 0 Å².